The normalized spacial score (nSPS) is 11.9. The molecule has 1 rings (SSSR count). The summed E-state index contributed by atoms with van der Waals surface area (Å²) in [6, 6.07) is 7.79. The number of halogens is 3. The number of benzene rings is 1. The number of hydrogen-bond acceptors (Lipinski definition) is 3. The van der Waals surface area contributed by atoms with Crippen LogP contribution in [0.4, 0.5) is 13.2 Å². The zero-order chi connectivity index (χ0) is 15.7. The van der Waals surface area contributed by atoms with Gasteiger partial charge in [0.1, 0.15) is 5.75 Å². The molecule has 0 fully saturated rings. The molecule has 1 aromatic rings. The van der Waals surface area contributed by atoms with Crippen LogP contribution in [0.5, 0.6) is 5.75 Å². The largest absolute Gasteiger partial charge is 0.494 e. The fourth-order valence-electron chi connectivity index (χ4n) is 2.00. The van der Waals surface area contributed by atoms with Crippen LogP contribution in [-0.2, 0) is 6.54 Å². The molecule has 0 aliphatic heterocycles. The molecule has 0 saturated carbocycles. The Morgan fingerprint density at radius 3 is 2.71 bits per heavy atom. The van der Waals surface area contributed by atoms with Crippen LogP contribution in [0.1, 0.15) is 18.9 Å². The van der Waals surface area contributed by atoms with E-state index in [0.29, 0.717) is 32.7 Å². The molecule has 0 spiro atoms. The molecule has 0 bridgehead atoms. The average Bonchev–Trinajstić information content (AvgIpc) is 2.37. The van der Waals surface area contributed by atoms with Crippen molar-refractivity contribution in [2.24, 2.45) is 0 Å². The van der Waals surface area contributed by atoms with Gasteiger partial charge in [-0.25, -0.2) is 0 Å². The molecule has 0 saturated heterocycles. The van der Waals surface area contributed by atoms with Gasteiger partial charge >= 0.3 is 6.18 Å². The van der Waals surface area contributed by atoms with Crippen LogP contribution in [0.25, 0.3) is 0 Å². The van der Waals surface area contributed by atoms with Crippen molar-refractivity contribution in [3.63, 3.8) is 0 Å². The van der Waals surface area contributed by atoms with Crippen molar-refractivity contribution in [3.8, 4) is 5.75 Å². The van der Waals surface area contributed by atoms with Gasteiger partial charge in [-0.1, -0.05) is 12.1 Å². The van der Waals surface area contributed by atoms with Crippen molar-refractivity contribution < 1.29 is 17.9 Å². The molecule has 0 atom stereocenters. The van der Waals surface area contributed by atoms with Crippen molar-refractivity contribution in [1.82, 2.24) is 10.2 Å². The van der Waals surface area contributed by atoms with E-state index in [1.165, 1.54) is 11.9 Å². The van der Waals surface area contributed by atoms with E-state index in [2.05, 4.69) is 5.32 Å². The molecular formula is C15H23F3N2O. The zero-order valence-corrected chi connectivity index (χ0v) is 12.5. The van der Waals surface area contributed by atoms with Gasteiger partial charge in [0.15, 0.2) is 0 Å². The van der Waals surface area contributed by atoms with Crippen LogP contribution in [0.15, 0.2) is 24.3 Å². The summed E-state index contributed by atoms with van der Waals surface area (Å²) >= 11 is 0. The lowest BCUT2D eigenvalue weighted by Crippen LogP contribution is -2.32. The van der Waals surface area contributed by atoms with Gasteiger partial charge in [-0.3, -0.25) is 4.90 Å². The van der Waals surface area contributed by atoms with Gasteiger partial charge in [-0.05, 0) is 51.2 Å². The van der Waals surface area contributed by atoms with Crippen molar-refractivity contribution in [1.29, 1.82) is 0 Å². The first-order valence-corrected chi connectivity index (χ1v) is 7.08. The highest BCUT2D eigenvalue weighted by atomic mass is 19.4. The van der Waals surface area contributed by atoms with E-state index in [1.54, 1.807) is 0 Å². The first kappa shape index (κ1) is 17.8. The molecule has 1 N–H and O–H groups in total. The number of nitrogens with one attached hydrogen (secondary N) is 1. The van der Waals surface area contributed by atoms with Crippen LogP contribution in [-0.4, -0.2) is 44.4 Å². The van der Waals surface area contributed by atoms with Crippen molar-refractivity contribution in [2.75, 3.05) is 33.3 Å². The molecular weight excluding hydrogens is 281 g/mol. The van der Waals surface area contributed by atoms with Crippen molar-refractivity contribution >= 4 is 0 Å². The average molecular weight is 304 g/mol. The Morgan fingerprint density at radius 2 is 2.05 bits per heavy atom. The van der Waals surface area contributed by atoms with Crippen LogP contribution >= 0.6 is 0 Å². The molecule has 6 heteroatoms. The molecule has 120 valence electrons. The summed E-state index contributed by atoms with van der Waals surface area (Å²) in [6.45, 7) is 3.49. The summed E-state index contributed by atoms with van der Waals surface area (Å²) in [5.41, 5.74) is 1.10. The predicted octanol–water partition coefficient (Wildman–Crippen LogP) is 3.06. The Bertz CT molecular complexity index is 410. The second-order valence-electron chi connectivity index (χ2n) is 4.96. The maximum atomic E-state index is 12.1. The summed E-state index contributed by atoms with van der Waals surface area (Å²) < 4.78 is 41.8. The second kappa shape index (κ2) is 8.89. The van der Waals surface area contributed by atoms with Crippen molar-refractivity contribution in [2.45, 2.75) is 26.1 Å². The summed E-state index contributed by atoms with van der Waals surface area (Å²) in [7, 11) is 1.49. The highest BCUT2D eigenvalue weighted by Gasteiger charge is 2.28. The molecule has 1 aromatic carbocycles. The molecule has 0 heterocycles. The molecule has 0 aliphatic rings. The Morgan fingerprint density at radius 1 is 1.29 bits per heavy atom. The first-order valence-electron chi connectivity index (χ1n) is 7.08. The van der Waals surface area contributed by atoms with Gasteiger partial charge in [-0.15, -0.1) is 0 Å². The van der Waals surface area contributed by atoms with Gasteiger partial charge in [-0.2, -0.15) is 13.2 Å². The second-order valence-corrected chi connectivity index (χ2v) is 4.96. The monoisotopic (exact) mass is 304 g/mol. The minimum absolute atomic E-state index is 0.422. The van der Waals surface area contributed by atoms with Gasteiger partial charge in [0.05, 0.1) is 13.2 Å². The van der Waals surface area contributed by atoms with E-state index < -0.39 is 12.7 Å². The lowest BCUT2D eigenvalue weighted by atomic mass is 10.2. The van der Waals surface area contributed by atoms with Crippen LogP contribution in [0.2, 0.25) is 0 Å². The third-order valence-corrected chi connectivity index (χ3v) is 2.88. The molecule has 0 unspecified atom stereocenters. The minimum Gasteiger partial charge on any atom is -0.494 e. The molecule has 21 heavy (non-hydrogen) atoms. The van der Waals surface area contributed by atoms with E-state index in [0.717, 1.165) is 11.3 Å². The molecule has 3 nitrogen and oxygen atoms in total. The number of ether oxygens (including phenoxy) is 1. The number of hydrogen-bond donors (Lipinski definition) is 1. The Labute approximate surface area is 124 Å². The Balaban J connectivity index is 2.18. The first-order chi connectivity index (χ1) is 9.90. The highest BCUT2D eigenvalue weighted by Crippen LogP contribution is 2.15. The SMILES string of the molecule is CCOc1cccc(CNCCCN(C)CC(F)(F)F)c1. The van der Waals surface area contributed by atoms with Crippen LogP contribution < -0.4 is 10.1 Å². The zero-order valence-electron chi connectivity index (χ0n) is 12.5. The molecule has 0 aliphatic carbocycles. The topological polar surface area (TPSA) is 24.5 Å². The van der Waals surface area contributed by atoms with Crippen molar-refractivity contribution in [3.05, 3.63) is 29.8 Å². The van der Waals surface area contributed by atoms with Gasteiger partial charge in [0.25, 0.3) is 0 Å². The standard InChI is InChI=1S/C15H23F3N2O/c1-3-21-14-7-4-6-13(10-14)11-19-8-5-9-20(2)12-15(16,17)18/h4,6-7,10,19H,3,5,8-9,11-12H2,1-2H3. The summed E-state index contributed by atoms with van der Waals surface area (Å²) in [6.07, 6.45) is -3.44. The summed E-state index contributed by atoms with van der Waals surface area (Å²) in [4.78, 5) is 1.29. The smallest absolute Gasteiger partial charge is 0.401 e. The fourth-order valence-corrected chi connectivity index (χ4v) is 2.00. The Kier molecular flexibility index (Phi) is 7.53. The quantitative estimate of drug-likeness (QED) is 0.710. The summed E-state index contributed by atoms with van der Waals surface area (Å²) in [5, 5.41) is 3.23. The minimum atomic E-state index is -4.12. The Hall–Kier alpha value is -1.27. The number of rotatable bonds is 9. The van der Waals surface area contributed by atoms with E-state index in [4.69, 9.17) is 4.74 Å². The molecule has 0 amide bonds. The fraction of sp³-hybridized carbons (Fsp3) is 0.600. The molecule has 0 aromatic heterocycles. The third-order valence-electron chi connectivity index (χ3n) is 2.88. The number of nitrogens with zero attached hydrogens (tertiary/aromatic N) is 1. The van der Waals surface area contributed by atoms with E-state index >= 15 is 0 Å². The number of alkyl halides is 3. The summed E-state index contributed by atoms with van der Waals surface area (Å²) in [5.74, 6) is 0.835. The third kappa shape index (κ3) is 8.57. The van der Waals surface area contributed by atoms with E-state index in [9.17, 15) is 13.2 Å². The van der Waals surface area contributed by atoms with Gasteiger partial charge in [0.2, 0.25) is 0 Å². The molecule has 0 radical (unpaired) electrons. The van der Waals surface area contributed by atoms with E-state index in [-0.39, 0.29) is 0 Å². The maximum absolute atomic E-state index is 12.1. The highest BCUT2D eigenvalue weighted by molar-refractivity contribution is 5.28. The van der Waals surface area contributed by atoms with Gasteiger partial charge < -0.3 is 10.1 Å². The lowest BCUT2D eigenvalue weighted by molar-refractivity contribution is -0.143. The predicted molar refractivity (Wildman–Crippen MR) is 77.5 cm³/mol. The van der Waals surface area contributed by atoms with Crippen LogP contribution in [0.3, 0.4) is 0 Å². The van der Waals surface area contributed by atoms with Crippen LogP contribution in [0, 0.1) is 0 Å². The van der Waals surface area contributed by atoms with Gasteiger partial charge in [0, 0.05) is 6.54 Å². The lowest BCUT2D eigenvalue weighted by Gasteiger charge is -2.18. The van der Waals surface area contributed by atoms with E-state index in [1.807, 2.05) is 31.2 Å². The maximum Gasteiger partial charge on any atom is 0.401 e.